The lowest BCUT2D eigenvalue weighted by atomic mass is 10.2. The molecular formula is C16H19N3O4. The second-order valence-corrected chi connectivity index (χ2v) is 5.22. The fourth-order valence-electron chi connectivity index (χ4n) is 2.10. The van der Waals surface area contributed by atoms with Crippen LogP contribution in [0.3, 0.4) is 0 Å². The zero-order valence-corrected chi connectivity index (χ0v) is 13.4. The first-order valence-electron chi connectivity index (χ1n) is 7.05. The van der Waals surface area contributed by atoms with E-state index in [2.05, 4.69) is 0 Å². The van der Waals surface area contributed by atoms with Gasteiger partial charge in [0, 0.05) is 32.9 Å². The van der Waals surface area contributed by atoms with Crippen molar-refractivity contribution in [1.82, 2.24) is 14.0 Å². The number of carbonyl (C=O) groups excluding carboxylic acids is 1. The summed E-state index contributed by atoms with van der Waals surface area (Å²) < 4.78 is 7.27. The van der Waals surface area contributed by atoms with Crippen molar-refractivity contribution in [3.8, 4) is 5.75 Å². The highest BCUT2D eigenvalue weighted by atomic mass is 16.5. The standard InChI is InChI=1S/C16H19N3O4/c1-17(10-12-4-6-13(23-3)7-5-12)15(21)11-19-9-8-14(20)18(2)16(19)22/h4-9H,10-11H2,1-3H3. The third-order valence-electron chi connectivity index (χ3n) is 3.57. The van der Waals surface area contributed by atoms with Gasteiger partial charge in [-0.05, 0) is 17.7 Å². The van der Waals surface area contributed by atoms with Crippen LogP contribution in [0.1, 0.15) is 5.56 Å². The molecule has 7 heteroatoms. The van der Waals surface area contributed by atoms with E-state index in [0.29, 0.717) is 6.54 Å². The van der Waals surface area contributed by atoms with Gasteiger partial charge in [0.2, 0.25) is 5.91 Å². The number of nitrogens with zero attached hydrogens (tertiary/aromatic N) is 3. The molecule has 1 heterocycles. The van der Waals surface area contributed by atoms with Gasteiger partial charge in [0.15, 0.2) is 0 Å². The zero-order chi connectivity index (χ0) is 17.0. The molecule has 2 aromatic rings. The van der Waals surface area contributed by atoms with Crippen molar-refractivity contribution in [3.63, 3.8) is 0 Å². The summed E-state index contributed by atoms with van der Waals surface area (Å²) in [6, 6.07) is 8.66. The smallest absolute Gasteiger partial charge is 0.331 e. The molecule has 1 aromatic heterocycles. The molecule has 0 saturated carbocycles. The first-order valence-corrected chi connectivity index (χ1v) is 7.05. The molecule has 0 fully saturated rings. The Morgan fingerprint density at radius 2 is 1.83 bits per heavy atom. The van der Waals surface area contributed by atoms with E-state index in [1.807, 2.05) is 24.3 Å². The Hall–Kier alpha value is -2.83. The highest BCUT2D eigenvalue weighted by Gasteiger charge is 2.12. The number of methoxy groups -OCH3 is 1. The van der Waals surface area contributed by atoms with Gasteiger partial charge in [-0.1, -0.05) is 12.1 Å². The molecule has 0 aliphatic rings. The van der Waals surface area contributed by atoms with E-state index >= 15 is 0 Å². The molecule has 1 aromatic carbocycles. The Labute approximate surface area is 133 Å². The molecule has 122 valence electrons. The molecule has 23 heavy (non-hydrogen) atoms. The number of rotatable bonds is 5. The number of ether oxygens (including phenoxy) is 1. The highest BCUT2D eigenvalue weighted by molar-refractivity contribution is 5.75. The summed E-state index contributed by atoms with van der Waals surface area (Å²) in [6.45, 7) is 0.308. The molecule has 0 spiro atoms. The van der Waals surface area contributed by atoms with E-state index in [9.17, 15) is 14.4 Å². The first kappa shape index (κ1) is 16.5. The number of carbonyl (C=O) groups is 1. The maximum Gasteiger partial charge on any atom is 0.331 e. The van der Waals surface area contributed by atoms with Gasteiger partial charge in [-0.15, -0.1) is 0 Å². The number of amides is 1. The first-order chi connectivity index (χ1) is 10.9. The maximum atomic E-state index is 12.2. The van der Waals surface area contributed by atoms with Crippen LogP contribution in [-0.4, -0.2) is 34.1 Å². The minimum Gasteiger partial charge on any atom is -0.497 e. The zero-order valence-electron chi connectivity index (χ0n) is 13.4. The van der Waals surface area contributed by atoms with Gasteiger partial charge in [0.1, 0.15) is 12.3 Å². The summed E-state index contributed by atoms with van der Waals surface area (Å²) in [4.78, 5) is 37.0. The lowest BCUT2D eigenvalue weighted by Crippen LogP contribution is -2.40. The Balaban J connectivity index is 2.06. The maximum absolute atomic E-state index is 12.2. The summed E-state index contributed by atoms with van der Waals surface area (Å²) in [6.07, 6.45) is 1.34. The molecule has 0 N–H and O–H groups in total. The molecule has 7 nitrogen and oxygen atoms in total. The second kappa shape index (κ2) is 6.95. The highest BCUT2D eigenvalue weighted by Crippen LogP contribution is 2.12. The number of hydrogen-bond acceptors (Lipinski definition) is 4. The van der Waals surface area contributed by atoms with Gasteiger partial charge in [-0.3, -0.25) is 18.7 Å². The van der Waals surface area contributed by atoms with Crippen molar-refractivity contribution >= 4 is 5.91 Å². The van der Waals surface area contributed by atoms with E-state index in [-0.39, 0.29) is 12.5 Å². The molecular weight excluding hydrogens is 298 g/mol. The van der Waals surface area contributed by atoms with Crippen LogP contribution in [-0.2, 0) is 24.9 Å². The molecule has 2 rings (SSSR count). The van der Waals surface area contributed by atoms with Gasteiger partial charge in [-0.2, -0.15) is 0 Å². The fourth-order valence-corrected chi connectivity index (χ4v) is 2.10. The van der Waals surface area contributed by atoms with E-state index in [4.69, 9.17) is 4.74 Å². The molecule has 0 radical (unpaired) electrons. The van der Waals surface area contributed by atoms with Crippen molar-refractivity contribution < 1.29 is 9.53 Å². The molecule has 0 unspecified atom stereocenters. The third kappa shape index (κ3) is 3.88. The molecule has 0 atom stereocenters. The number of hydrogen-bond donors (Lipinski definition) is 0. The monoisotopic (exact) mass is 317 g/mol. The Morgan fingerprint density at radius 1 is 1.17 bits per heavy atom. The van der Waals surface area contributed by atoms with Crippen LogP contribution in [0, 0.1) is 0 Å². The van der Waals surface area contributed by atoms with Crippen LogP contribution in [0.15, 0.2) is 46.1 Å². The Kier molecular flexibility index (Phi) is 5.00. The van der Waals surface area contributed by atoms with Crippen molar-refractivity contribution in [3.05, 3.63) is 62.9 Å². The Morgan fingerprint density at radius 3 is 2.43 bits per heavy atom. The van der Waals surface area contributed by atoms with E-state index in [1.165, 1.54) is 28.8 Å². The van der Waals surface area contributed by atoms with Crippen LogP contribution in [0.4, 0.5) is 0 Å². The summed E-state index contributed by atoms with van der Waals surface area (Å²) in [5.41, 5.74) is 0.0449. The van der Waals surface area contributed by atoms with E-state index in [0.717, 1.165) is 15.9 Å². The molecule has 0 bridgehead atoms. The summed E-state index contributed by atoms with van der Waals surface area (Å²) in [7, 11) is 4.64. The SMILES string of the molecule is COc1ccc(CN(C)C(=O)Cn2ccc(=O)n(C)c2=O)cc1. The van der Waals surface area contributed by atoms with Gasteiger partial charge in [0.25, 0.3) is 5.56 Å². The van der Waals surface area contributed by atoms with Crippen LogP contribution in [0.5, 0.6) is 5.75 Å². The Bertz CT molecular complexity index is 805. The number of likely N-dealkylation sites (N-methyl/N-ethyl adjacent to an activating group) is 1. The van der Waals surface area contributed by atoms with Gasteiger partial charge in [0.05, 0.1) is 7.11 Å². The molecule has 0 saturated heterocycles. The number of benzene rings is 1. The lowest BCUT2D eigenvalue weighted by molar-refractivity contribution is -0.131. The normalized spacial score (nSPS) is 10.4. The van der Waals surface area contributed by atoms with Crippen molar-refractivity contribution in [2.75, 3.05) is 14.2 Å². The predicted molar refractivity (Wildman–Crippen MR) is 85.4 cm³/mol. The largest absolute Gasteiger partial charge is 0.497 e. The van der Waals surface area contributed by atoms with E-state index in [1.54, 1.807) is 14.2 Å². The van der Waals surface area contributed by atoms with Crippen LogP contribution in [0.2, 0.25) is 0 Å². The number of aromatic nitrogens is 2. The third-order valence-corrected chi connectivity index (χ3v) is 3.57. The van der Waals surface area contributed by atoms with E-state index < -0.39 is 11.2 Å². The summed E-state index contributed by atoms with van der Waals surface area (Å²) in [5.74, 6) is 0.529. The van der Waals surface area contributed by atoms with Gasteiger partial charge < -0.3 is 9.64 Å². The quantitative estimate of drug-likeness (QED) is 0.790. The van der Waals surface area contributed by atoms with Crippen LogP contribution < -0.4 is 16.0 Å². The van der Waals surface area contributed by atoms with Crippen molar-refractivity contribution in [1.29, 1.82) is 0 Å². The van der Waals surface area contributed by atoms with Crippen molar-refractivity contribution in [2.45, 2.75) is 13.1 Å². The lowest BCUT2D eigenvalue weighted by Gasteiger charge is -2.18. The minimum atomic E-state index is -0.510. The summed E-state index contributed by atoms with van der Waals surface area (Å²) in [5, 5.41) is 0. The van der Waals surface area contributed by atoms with Crippen LogP contribution in [0.25, 0.3) is 0 Å². The fraction of sp³-hybridized carbons (Fsp3) is 0.312. The second-order valence-electron chi connectivity index (χ2n) is 5.22. The average molecular weight is 317 g/mol. The molecule has 0 aliphatic carbocycles. The summed E-state index contributed by atoms with van der Waals surface area (Å²) >= 11 is 0. The molecule has 1 amide bonds. The van der Waals surface area contributed by atoms with Crippen molar-refractivity contribution in [2.24, 2.45) is 7.05 Å². The van der Waals surface area contributed by atoms with Crippen LogP contribution >= 0.6 is 0 Å². The molecule has 0 aliphatic heterocycles. The van der Waals surface area contributed by atoms with Gasteiger partial charge in [-0.25, -0.2) is 4.79 Å². The minimum absolute atomic E-state index is 0.111. The predicted octanol–water partition coefficient (Wildman–Crippen LogP) is 0.214. The average Bonchev–Trinajstić information content (AvgIpc) is 2.56. The topological polar surface area (TPSA) is 73.5 Å². The van der Waals surface area contributed by atoms with Gasteiger partial charge >= 0.3 is 5.69 Å².